The minimum atomic E-state index is 1.02. The summed E-state index contributed by atoms with van der Waals surface area (Å²) < 4.78 is 0. The summed E-state index contributed by atoms with van der Waals surface area (Å²) in [6, 6.07) is 8.14. The quantitative estimate of drug-likeness (QED) is 0.556. The Morgan fingerprint density at radius 1 is 0.933 bits per heavy atom. The van der Waals surface area contributed by atoms with Crippen molar-refractivity contribution in [3.63, 3.8) is 0 Å². The summed E-state index contributed by atoms with van der Waals surface area (Å²) in [5, 5.41) is 9.41. The third-order valence-electron chi connectivity index (χ3n) is 2.08. The summed E-state index contributed by atoms with van der Waals surface area (Å²) >= 11 is 0. The summed E-state index contributed by atoms with van der Waals surface area (Å²) in [4.78, 5) is 0. The van der Waals surface area contributed by atoms with Crippen molar-refractivity contribution >= 4 is 10.9 Å². The summed E-state index contributed by atoms with van der Waals surface area (Å²) in [6.45, 7) is 8.00. The van der Waals surface area contributed by atoms with Gasteiger partial charge in [-0.05, 0) is 11.6 Å². The van der Waals surface area contributed by atoms with E-state index in [4.69, 9.17) is 0 Å². The molecule has 0 aliphatic heterocycles. The summed E-state index contributed by atoms with van der Waals surface area (Å²) in [6.07, 6.45) is 1.04. The highest BCUT2D eigenvalue weighted by Crippen LogP contribution is 2.31. The number of fused-ring (bicyclic) bond motifs is 3. The van der Waals surface area contributed by atoms with Crippen molar-refractivity contribution < 1.29 is 0 Å². The maximum Gasteiger partial charge on any atom is 0.0932 e. The first kappa shape index (κ1) is 11.6. The molecule has 0 amide bonds. The van der Waals surface area contributed by atoms with E-state index in [2.05, 4.69) is 16.3 Å². The molecule has 0 bridgehead atoms. The lowest BCUT2D eigenvalue weighted by Crippen LogP contribution is -1.79. The molecule has 0 N–H and O–H groups in total. The van der Waals surface area contributed by atoms with Crippen LogP contribution in [0, 0.1) is 0 Å². The average molecular weight is 202 g/mol. The Hall–Kier alpha value is -1.44. The van der Waals surface area contributed by atoms with Crippen LogP contribution in [-0.2, 0) is 6.42 Å². The van der Waals surface area contributed by atoms with E-state index in [9.17, 15) is 0 Å². The van der Waals surface area contributed by atoms with Crippen molar-refractivity contribution in [3.05, 3.63) is 35.5 Å². The van der Waals surface area contributed by atoms with E-state index in [1.165, 1.54) is 16.6 Å². The fraction of sp³-hybridized carbons (Fsp3) is 0.385. The van der Waals surface area contributed by atoms with Crippen LogP contribution in [0.15, 0.2) is 24.3 Å². The molecule has 0 saturated carbocycles. The van der Waals surface area contributed by atoms with E-state index >= 15 is 0 Å². The van der Waals surface area contributed by atoms with Gasteiger partial charge >= 0.3 is 0 Å². The molecule has 15 heavy (non-hydrogen) atoms. The second-order valence-electron chi connectivity index (χ2n) is 2.82. The van der Waals surface area contributed by atoms with E-state index in [0.29, 0.717) is 0 Å². The molecule has 0 saturated heterocycles. The Kier molecular flexibility index (Phi) is 4.22. The van der Waals surface area contributed by atoms with E-state index in [1.807, 2.05) is 45.9 Å². The predicted octanol–water partition coefficient (Wildman–Crippen LogP) is 3.59. The molecule has 0 radical (unpaired) electrons. The Labute approximate surface area is 91.4 Å². The molecule has 0 spiro atoms. The Bertz CT molecular complexity index is 435. The fourth-order valence-electron chi connectivity index (χ4n) is 1.40. The highest BCUT2D eigenvalue weighted by Gasteiger charge is 2.21. The van der Waals surface area contributed by atoms with Crippen molar-refractivity contribution in [3.8, 4) is 0 Å². The van der Waals surface area contributed by atoms with Gasteiger partial charge in [0.2, 0.25) is 0 Å². The molecule has 0 unspecified atom stereocenters. The number of aromatic nitrogens is 2. The van der Waals surface area contributed by atoms with Crippen molar-refractivity contribution in [1.82, 2.24) is 10.2 Å². The summed E-state index contributed by atoms with van der Waals surface area (Å²) in [7, 11) is 0. The molecular formula is C13H18N2. The molecule has 1 aromatic carbocycles. The van der Waals surface area contributed by atoms with Gasteiger partial charge in [-0.15, -0.1) is 0 Å². The van der Waals surface area contributed by atoms with Gasteiger partial charge in [-0.2, -0.15) is 10.2 Å². The van der Waals surface area contributed by atoms with Gasteiger partial charge in [-0.3, -0.25) is 0 Å². The molecule has 0 fully saturated rings. The zero-order valence-electron chi connectivity index (χ0n) is 9.91. The van der Waals surface area contributed by atoms with Crippen LogP contribution in [0.5, 0.6) is 0 Å². The molecule has 1 aliphatic carbocycles. The summed E-state index contributed by atoms with van der Waals surface area (Å²) in [5.41, 5.74) is 3.57. The van der Waals surface area contributed by atoms with Gasteiger partial charge in [0.15, 0.2) is 0 Å². The molecule has 80 valence electrons. The smallest absolute Gasteiger partial charge is 0.0932 e. The third-order valence-corrected chi connectivity index (χ3v) is 2.08. The second kappa shape index (κ2) is 5.44. The first-order valence-electron chi connectivity index (χ1n) is 5.68. The van der Waals surface area contributed by atoms with Crippen LogP contribution in [0.1, 0.15) is 39.0 Å². The lowest BCUT2D eigenvalue weighted by molar-refractivity contribution is 1.06. The van der Waals surface area contributed by atoms with Gasteiger partial charge in [0.1, 0.15) is 0 Å². The maximum atomic E-state index is 4.08. The predicted molar refractivity (Wildman–Crippen MR) is 65.0 cm³/mol. The molecule has 2 heteroatoms. The average Bonchev–Trinajstić information content (AvgIpc) is 3.14. The second-order valence-corrected chi connectivity index (χ2v) is 2.82. The topological polar surface area (TPSA) is 25.8 Å². The van der Waals surface area contributed by atoms with E-state index in [-0.39, 0.29) is 0 Å². The zero-order valence-corrected chi connectivity index (χ0v) is 9.91. The SMILES string of the molecule is CC.CC.c1ccc2c3c(nnc2c1)C3. The van der Waals surface area contributed by atoms with Gasteiger partial charge in [0.25, 0.3) is 0 Å². The molecule has 2 nitrogen and oxygen atoms in total. The van der Waals surface area contributed by atoms with Crippen LogP contribution in [-0.4, -0.2) is 10.2 Å². The number of benzene rings is 1. The van der Waals surface area contributed by atoms with Crippen molar-refractivity contribution in [1.29, 1.82) is 0 Å². The molecular weight excluding hydrogens is 184 g/mol. The highest BCUT2D eigenvalue weighted by molar-refractivity contribution is 5.85. The Morgan fingerprint density at radius 2 is 1.60 bits per heavy atom. The van der Waals surface area contributed by atoms with E-state index in [1.54, 1.807) is 0 Å². The monoisotopic (exact) mass is 202 g/mol. The standard InChI is InChI=1S/C9H6N2.2C2H6/c1-2-4-8-6(3-1)7-5-9(7)11-10-8;2*1-2/h1-4H,5H2;2*1-2H3. The van der Waals surface area contributed by atoms with Crippen molar-refractivity contribution in [2.24, 2.45) is 0 Å². The van der Waals surface area contributed by atoms with Crippen LogP contribution in [0.3, 0.4) is 0 Å². The first-order chi connectivity index (χ1) is 7.45. The lowest BCUT2D eigenvalue weighted by atomic mass is 10.2. The van der Waals surface area contributed by atoms with Gasteiger partial charge in [0, 0.05) is 11.8 Å². The lowest BCUT2D eigenvalue weighted by Gasteiger charge is -1.90. The Morgan fingerprint density at radius 3 is 2.33 bits per heavy atom. The number of nitrogens with zero attached hydrogens (tertiary/aromatic N) is 2. The number of hydrogen-bond donors (Lipinski definition) is 0. The molecule has 1 heterocycles. The van der Waals surface area contributed by atoms with Crippen molar-refractivity contribution in [2.45, 2.75) is 34.1 Å². The Balaban J connectivity index is 0.000000255. The van der Waals surface area contributed by atoms with Crippen molar-refractivity contribution in [2.75, 3.05) is 0 Å². The zero-order chi connectivity index (χ0) is 11.3. The normalized spacial score (nSPS) is 10.4. The largest absolute Gasteiger partial charge is 0.154 e. The van der Waals surface area contributed by atoms with Crippen LogP contribution in [0.25, 0.3) is 10.9 Å². The minimum absolute atomic E-state index is 1.02. The van der Waals surface area contributed by atoms with Gasteiger partial charge < -0.3 is 0 Å². The maximum absolute atomic E-state index is 4.08. The van der Waals surface area contributed by atoms with Crippen LogP contribution in [0.4, 0.5) is 0 Å². The van der Waals surface area contributed by atoms with E-state index in [0.717, 1.165) is 11.9 Å². The molecule has 0 atom stereocenters. The summed E-state index contributed by atoms with van der Waals surface area (Å²) in [5.74, 6) is 0. The van der Waals surface area contributed by atoms with Crippen LogP contribution < -0.4 is 0 Å². The minimum Gasteiger partial charge on any atom is -0.154 e. The number of hydrogen-bond acceptors (Lipinski definition) is 2. The molecule has 1 aromatic heterocycles. The molecule has 2 aromatic rings. The molecule has 3 rings (SSSR count). The van der Waals surface area contributed by atoms with Gasteiger partial charge in [-0.1, -0.05) is 45.9 Å². The molecule has 1 aliphatic rings. The first-order valence-corrected chi connectivity index (χ1v) is 5.68. The van der Waals surface area contributed by atoms with Gasteiger partial charge in [-0.25, -0.2) is 0 Å². The van der Waals surface area contributed by atoms with Crippen LogP contribution in [0.2, 0.25) is 0 Å². The van der Waals surface area contributed by atoms with Crippen LogP contribution >= 0.6 is 0 Å². The highest BCUT2D eigenvalue weighted by atomic mass is 15.1. The third kappa shape index (κ3) is 2.32. The fourth-order valence-corrected chi connectivity index (χ4v) is 1.40. The van der Waals surface area contributed by atoms with E-state index < -0.39 is 0 Å². The number of rotatable bonds is 0. The van der Waals surface area contributed by atoms with Gasteiger partial charge in [0.05, 0.1) is 11.2 Å².